The van der Waals surface area contributed by atoms with Crippen molar-refractivity contribution < 1.29 is 4.74 Å². The summed E-state index contributed by atoms with van der Waals surface area (Å²) < 4.78 is 8.21. The summed E-state index contributed by atoms with van der Waals surface area (Å²) in [6.45, 7) is 0. The lowest BCUT2D eigenvalue weighted by atomic mass is 9.70. The van der Waals surface area contributed by atoms with E-state index in [0.29, 0.717) is 0 Å². The summed E-state index contributed by atoms with van der Waals surface area (Å²) in [7, 11) is 0. The summed E-state index contributed by atoms with van der Waals surface area (Å²) in [5.74, 6) is 0.790. The molecule has 0 aliphatic heterocycles. The molecule has 3 aromatic heterocycles. The highest BCUT2D eigenvalue weighted by Crippen LogP contribution is 2.55. The maximum Gasteiger partial charge on any atom is 0.183 e. The van der Waals surface area contributed by atoms with Crippen molar-refractivity contribution in [3.63, 3.8) is 0 Å². The van der Waals surface area contributed by atoms with Crippen LogP contribution in [0.1, 0.15) is 22.4 Å². The van der Waals surface area contributed by atoms with Gasteiger partial charge in [0.25, 0.3) is 0 Å². The molecule has 4 nitrogen and oxygen atoms in total. The molecule has 7 rings (SSSR count). The van der Waals surface area contributed by atoms with Crippen LogP contribution in [-0.4, -0.2) is 14.8 Å². The smallest absolute Gasteiger partial charge is 0.183 e. The quantitative estimate of drug-likeness (QED) is 0.255. The summed E-state index contributed by atoms with van der Waals surface area (Å²) in [4.78, 5) is 4.90. The van der Waals surface area contributed by atoms with Gasteiger partial charge in [-0.25, -0.2) is 4.68 Å². The lowest BCUT2D eigenvalue weighted by Gasteiger charge is -2.32. The fourth-order valence-electron chi connectivity index (χ4n) is 5.37. The number of benzene rings is 3. The number of fused-ring (bicyclic) bond motifs is 3. The molecule has 0 atom stereocenters. The van der Waals surface area contributed by atoms with Gasteiger partial charge < -0.3 is 4.74 Å². The van der Waals surface area contributed by atoms with Crippen LogP contribution in [0.3, 0.4) is 0 Å². The molecule has 3 aromatic carbocycles. The zero-order valence-electron chi connectivity index (χ0n) is 19.3. The normalized spacial score (nSPS) is 13.2. The lowest BCUT2D eigenvalue weighted by molar-refractivity contribution is 0.494. The molecule has 0 bridgehead atoms. The number of hydrogen-bond acceptors (Lipinski definition) is 4. The standard InChI is InChI=1S/C31H21N3OS/c1-3-13-27-25(11-1)26-12-2-4-14-28(26)31(27,29-15-5-6-16-32-29)22-9-7-10-24(19-22)35-30-20-23(21-36-30)34-18-8-17-33-34/h1-21H. The second-order valence-corrected chi connectivity index (χ2v) is 9.63. The first kappa shape index (κ1) is 20.9. The fourth-order valence-corrected chi connectivity index (χ4v) is 6.11. The average Bonchev–Trinajstić information content (AvgIpc) is 3.68. The average molecular weight is 484 g/mol. The van der Waals surface area contributed by atoms with Crippen LogP contribution in [0.25, 0.3) is 16.8 Å². The summed E-state index contributed by atoms with van der Waals surface area (Å²) in [6.07, 6.45) is 5.58. The van der Waals surface area contributed by atoms with E-state index in [1.807, 2.05) is 46.7 Å². The van der Waals surface area contributed by atoms with Gasteiger partial charge in [-0.15, -0.1) is 11.3 Å². The Hall–Kier alpha value is -4.48. The Bertz CT molecular complexity index is 1630. The first-order valence-corrected chi connectivity index (χ1v) is 12.7. The van der Waals surface area contributed by atoms with E-state index in [0.717, 1.165) is 27.8 Å². The van der Waals surface area contributed by atoms with Crippen LogP contribution in [0.2, 0.25) is 0 Å². The molecule has 0 radical (unpaired) electrons. The van der Waals surface area contributed by atoms with Crippen LogP contribution in [0, 0.1) is 0 Å². The zero-order chi connectivity index (χ0) is 24.0. The first-order valence-electron chi connectivity index (χ1n) is 11.8. The van der Waals surface area contributed by atoms with Crippen molar-refractivity contribution in [2.75, 3.05) is 0 Å². The number of thiophene rings is 1. The summed E-state index contributed by atoms with van der Waals surface area (Å²) in [6, 6.07) is 35.8. The molecule has 0 saturated carbocycles. The Morgan fingerprint density at radius 1 is 0.722 bits per heavy atom. The van der Waals surface area contributed by atoms with Crippen molar-refractivity contribution in [1.82, 2.24) is 14.8 Å². The van der Waals surface area contributed by atoms with Crippen molar-refractivity contribution in [2.24, 2.45) is 0 Å². The molecule has 172 valence electrons. The second-order valence-electron chi connectivity index (χ2n) is 8.76. The topological polar surface area (TPSA) is 39.9 Å². The minimum Gasteiger partial charge on any atom is -0.447 e. The SMILES string of the molecule is c1ccc(C2(c3cccc(Oc4cc(-n5cccn5)cs4)c3)c3ccccc3-c3ccccc32)nc1. The third kappa shape index (κ3) is 3.13. The van der Waals surface area contributed by atoms with E-state index in [1.165, 1.54) is 22.3 Å². The van der Waals surface area contributed by atoms with Gasteiger partial charge in [-0.2, -0.15) is 5.10 Å². The third-order valence-corrected chi connectivity index (χ3v) is 7.61. The maximum atomic E-state index is 6.37. The Labute approximate surface area is 213 Å². The number of pyridine rings is 1. The number of rotatable bonds is 5. The molecule has 36 heavy (non-hydrogen) atoms. The van der Waals surface area contributed by atoms with Gasteiger partial charge in [-0.3, -0.25) is 4.98 Å². The van der Waals surface area contributed by atoms with E-state index in [9.17, 15) is 0 Å². The highest BCUT2D eigenvalue weighted by molar-refractivity contribution is 7.12. The predicted molar refractivity (Wildman–Crippen MR) is 143 cm³/mol. The van der Waals surface area contributed by atoms with E-state index in [2.05, 4.69) is 84.0 Å². The van der Waals surface area contributed by atoms with Crippen molar-refractivity contribution in [1.29, 1.82) is 0 Å². The Morgan fingerprint density at radius 2 is 1.50 bits per heavy atom. The van der Waals surface area contributed by atoms with Crippen molar-refractivity contribution in [3.8, 4) is 27.6 Å². The van der Waals surface area contributed by atoms with E-state index in [4.69, 9.17) is 9.72 Å². The van der Waals surface area contributed by atoms with Gasteiger partial charge in [-0.1, -0.05) is 66.7 Å². The molecule has 0 N–H and O–H groups in total. The molecular weight excluding hydrogens is 462 g/mol. The van der Waals surface area contributed by atoms with Gasteiger partial charge in [-0.05, 0) is 58.1 Å². The van der Waals surface area contributed by atoms with Gasteiger partial charge in [0.1, 0.15) is 5.75 Å². The van der Waals surface area contributed by atoms with E-state index < -0.39 is 5.41 Å². The number of hydrogen-bond donors (Lipinski definition) is 0. The Balaban J connectivity index is 1.39. The largest absolute Gasteiger partial charge is 0.447 e. The molecular formula is C31H21N3OS. The van der Waals surface area contributed by atoms with Crippen LogP contribution < -0.4 is 4.74 Å². The molecule has 0 amide bonds. The molecule has 3 heterocycles. The van der Waals surface area contributed by atoms with Crippen LogP contribution in [0.4, 0.5) is 0 Å². The molecule has 1 aliphatic carbocycles. The fraction of sp³-hybridized carbons (Fsp3) is 0.0323. The highest BCUT2D eigenvalue weighted by atomic mass is 32.1. The van der Waals surface area contributed by atoms with E-state index >= 15 is 0 Å². The van der Waals surface area contributed by atoms with Gasteiger partial charge in [0.05, 0.1) is 16.8 Å². The van der Waals surface area contributed by atoms with E-state index in [1.54, 1.807) is 17.5 Å². The highest BCUT2D eigenvalue weighted by Gasteiger charge is 2.47. The molecule has 5 heteroatoms. The molecule has 6 aromatic rings. The molecule has 0 unspecified atom stereocenters. The molecule has 0 spiro atoms. The van der Waals surface area contributed by atoms with E-state index in [-0.39, 0.29) is 0 Å². The molecule has 0 fully saturated rings. The molecule has 1 aliphatic rings. The van der Waals surface area contributed by atoms with Crippen LogP contribution >= 0.6 is 11.3 Å². The van der Waals surface area contributed by atoms with Gasteiger partial charge in [0, 0.05) is 30.0 Å². The number of aromatic nitrogens is 3. The van der Waals surface area contributed by atoms with Gasteiger partial charge >= 0.3 is 0 Å². The minimum absolute atomic E-state index is 0.538. The summed E-state index contributed by atoms with van der Waals surface area (Å²) in [5, 5.41) is 7.18. The molecule has 0 saturated heterocycles. The monoisotopic (exact) mass is 483 g/mol. The van der Waals surface area contributed by atoms with Crippen molar-refractivity contribution in [3.05, 3.63) is 149 Å². The number of nitrogens with zero attached hydrogens (tertiary/aromatic N) is 3. The van der Waals surface area contributed by atoms with Crippen LogP contribution in [0.5, 0.6) is 10.8 Å². The second kappa shape index (κ2) is 8.33. The minimum atomic E-state index is -0.538. The Morgan fingerprint density at radius 3 is 2.22 bits per heavy atom. The van der Waals surface area contributed by atoms with Crippen molar-refractivity contribution >= 4 is 11.3 Å². The number of ether oxygens (including phenoxy) is 1. The summed E-state index contributed by atoms with van der Waals surface area (Å²) in [5.41, 5.74) is 7.53. The van der Waals surface area contributed by atoms with Crippen LogP contribution in [-0.2, 0) is 5.41 Å². The predicted octanol–water partition coefficient (Wildman–Crippen LogP) is 7.48. The Kier molecular flexibility index (Phi) is 4.82. The summed E-state index contributed by atoms with van der Waals surface area (Å²) >= 11 is 1.56. The maximum absolute atomic E-state index is 6.37. The van der Waals surface area contributed by atoms with Crippen molar-refractivity contribution in [2.45, 2.75) is 5.41 Å². The first-order chi connectivity index (χ1) is 17.8. The lowest BCUT2D eigenvalue weighted by Crippen LogP contribution is -2.29. The van der Waals surface area contributed by atoms with Gasteiger partial charge in [0.15, 0.2) is 5.06 Å². The van der Waals surface area contributed by atoms with Crippen LogP contribution in [0.15, 0.2) is 127 Å². The van der Waals surface area contributed by atoms with Gasteiger partial charge in [0.2, 0.25) is 0 Å². The zero-order valence-corrected chi connectivity index (χ0v) is 20.1. The third-order valence-electron chi connectivity index (χ3n) is 6.82.